The van der Waals surface area contributed by atoms with Gasteiger partial charge in [0.25, 0.3) is 0 Å². The van der Waals surface area contributed by atoms with E-state index in [2.05, 4.69) is 0 Å². The summed E-state index contributed by atoms with van der Waals surface area (Å²) in [5.41, 5.74) is -0.100. The number of halogens is 1. The Bertz CT molecular complexity index is 454. The van der Waals surface area contributed by atoms with Crippen LogP contribution in [-0.4, -0.2) is 29.4 Å². The van der Waals surface area contributed by atoms with Gasteiger partial charge < -0.3 is 14.9 Å². The lowest BCUT2D eigenvalue weighted by molar-refractivity contribution is -0.150. The van der Waals surface area contributed by atoms with Crippen molar-refractivity contribution in [3.63, 3.8) is 0 Å². The van der Waals surface area contributed by atoms with Gasteiger partial charge in [-0.25, -0.2) is 9.18 Å². The van der Waals surface area contributed by atoms with Crippen molar-refractivity contribution < 1.29 is 24.1 Å². The molecule has 1 saturated carbocycles. The molecule has 0 heterocycles. The summed E-state index contributed by atoms with van der Waals surface area (Å²) in [6, 6.07) is 3.96. The van der Waals surface area contributed by atoms with Gasteiger partial charge >= 0.3 is 5.97 Å². The number of ether oxygens (including phenoxy) is 1. The molecule has 2 rings (SSSR count). The first kappa shape index (κ1) is 11.9. The topological polar surface area (TPSA) is 66.8 Å². The average molecular weight is 240 g/mol. The quantitative estimate of drug-likeness (QED) is 0.840. The number of carboxylic acids is 1. The maximum absolute atomic E-state index is 13.3. The molecule has 1 aliphatic carbocycles. The number of methoxy groups -OCH3 is 1. The molecule has 2 N–H and O–H groups in total. The second-order valence-corrected chi connectivity index (χ2v) is 4.28. The number of hydrogen-bond donors (Lipinski definition) is 2. The minimum atomic E-state index is -1.06. The van der Waals surface area contributed by atoms with Gasteiger partial charge in [0.15, 0.2) is 17.7 Å². The second-order valence-electron chi connectivity index (χ2n) is 4.28. The van der Waals surface area contributed by atoms with Crippen molar-refractivity contribution in [3.05, 3.63) is 29.6 Å². The zero-order valence-electron chi connectivity index (χ0n) is 9.31. The van der Waals surface area contributed by atoms with Crippen molar-refractivity contribution in [2.75, 3.05) is 7.11 Å². The maximum Gasteiger partial charge on any atom is 0.333 e. The van der Waals surface area contributed by atoms with Crippen molar-refractivity contribution in [3.8, 4) is 5.75 Å². The van der Waals surface area contributed by atoms with Crippen molar-refractivity contribution in [2.45, 2.75) is 24.4 Å². The smallest absolute Gasteiger partial charge is 0.333 e. The van der Waals surface area contributed by atoms with Crippen LogP contribution >= 0.6 is 0 Å². The summed E-state index contributed by atoms with van der Waals surface area (Å²) in [6.45, 7) is 0. The highest BCUT2D eigenvalue weighted by Crippen LogP contribution is 2.52. The van der Waals surface area contributed by atoms with E-state index in [0.717, 1.165) is 0 Å². The molecule has 0 aromatic heterocycles. The molecule has 0 radical (unpaired) electrons. The molecule has 17 heavy (non-hydrogen) atoms. The maximum atomic E-state index is 13.3. The normalized spacial score (nSPS) is 18.7. The predicted molar refractivity (Wildman–Crippen MR) is 57.4 cm³/mol. The fourth-order valence-corrected chi connectivity index (χ4v) is 2.22. The van der Waals surface area contributed by atoms with Gasteiger partial charge in [0.2, 0.25) is 0 Å². The number of carboxylic acid groups (broad SMARTS) is 1. The van der Waals surface area contributed by atoms with E-state index in [4.69, 9.17) is 14.9 Å². The fraction of sp³-hybridized carbons (Fsp3) is 0.417. The van der Waals surface area contributed by atoms with Crippen LogP contribution in [0.5, 0.6) is 5.75 Å². The Kier molecular flexibility index (Phi) is 2.79. The number of phenols is 1. The molecule has 1 aromatic carbocycles. The lowest BCUT2D eigenvalue weighted by Gasteiger charge is -2.22. The number of hydrogen-bond acceptors (Lipinski definition) is 3. The molecule has 1 unspecified atom stereocenters. The average Bonchev–Trinajstić information content (AvgIpc) is 3.04. The zero-order chi connectivity index (χ0) is 12.6. The standard InChI is InChI=1S/C12H13FO4/c1-17-10(11(15)16)12(4-5-12)7-2-3-9(14)8(13)6-7/h2-3,6,10,14H,4-5H2,1H3,(H,15,16). The molecular formula is C12H13FO4. The molecule has 0 aliphatic heterocycles. The molecule has 0 amide bonds. The van der Waals surface area contributed by atoms with Gasteiger partial charge in [0, 0.05) is 12.5 Å². The van der Waals surface area contributed by atoms with E-state index in [1.54, 1.807) is 6.07 Å². The molecule has 1 aliphatic rings. The van der Waals surface area contributed by atoms with Crippen LogP contribution in [0.3, 0.4) is 0 Å². The van der Waals surface area contributed by atoms with Crippen molar-refractivity contribution in [2.24, 2.45) is 0 Å². The van der Waals surface area contributed by atoms with Gasteiger partial charge in [-0.1, -0.05) is 6.07 Å². The molecule has 5 heteroatoms. The summed E-state index contributed by atoms with van der Waals surface area (Å²) < 4.78 is 18.2. The number of carbonyl (C=O) groups is 1. The van der Waals surface area contributed by atoms with E-state index in [9.17, 15) is 9.18 Å². The van der Waals surface area contributed by atoms with Gasteiger partial charge in [-0.05, 0) is 30.5 Å². The van der Waals surface area contributed by atoms with Gasteiger partial charge in [0.05, 0.1) is 0 Å². The summed E-state index contributed by atoms with van der Waals surface area (Å²) in [4.78, 5) is 11.1. The van der Waals surface area contributed by atoms with E-state index >= 15 is 0 Å². The van der Waals surface area contributed by atoms with Crippen LogP contribution in [0.25, 0.3) is 0 Å². The number of aromatic hydroxyl groups is 1. The Labute approximate surface area is 97.6 Å². The highest BCUT2D eigenvalue weighted by Gasteiger charge is 2.54. The molecule has 0 bridgehead atoms. The lowest BCUT2D eigenvalue weighted by atomic mass is 9.89. The van der Waals surface area contributed by atoms with Crippen LogP contribution in [0, 0.1) is 5.82 Å². The Balaban J connectivity index is 2.38. The number of aliphatic carboxylic acids is 1. The van der Waals surface area contributed by atoms with Crippen LogP contribution in [-0.2, 0) is 14.9 Å². The van der Waals surface area contributed by atoms with E-state index in [1.807, 2.05) is 0 Å². The summed E-state index contributed by atoms with van der Waals surface area (Å²) in [7, 11) is 1.33. The first-order valence-corrected chi connectivity index (χ1v) is 5.26. The first-order valence-electron chi connectivity index (χ1n) is 5.26. The number of rotatable bonds is 4. The summed E-state index contributed by atoms with van der Waals surface area (Å²) in [5, 5.41) is 18.2. The molecule has 4 nitrogen and oxygen atoms in total. The molecule has 1 aromatic rings. The monoisotopic (exact) mass is 240 g/mol. The van der Waals surface area contributed by atoms with Crippen LogP contribution in [0.2, 0.25) is 0 Å². The molecule has 1 atom stereocenters. The fourth-order valence-electron chi connectivity index (χ4n) is 2.22. The summed E-state index contributed by atoms with van der Waals surface area (Å²) in [5.74, 6) is -2.23. The molecule has 92 valence electrons. The number of benzene rings is 1. The van der Waals surface area contributed by atoms with Crippen molar-refractivity contribution in [1.82, 2.24) is 0 Å². The van der Waals surface area contributed by atoms with E-state index in [0.29, 0.717) is 18.4 Å². The number of phenolic OH excluding ortho intramolecular Hbond substituents is 1. The van der Waals surface area contributed by atoms with Gasteiger partial charge in [0.1, 0.15) is 0 Å². The van der Waals surface area contributed by atoms with E-state index < -0.39 is 29.1 Å². The van der Waals surface area contributed by atoms with Crippen LogP contribution < -0.4 is 0 Å². The minimum absolute atomic E-state index is 0.436. The Morgan fingerprint density at radius 3 is 2.59 bits per heavy atom. The van der Waals surface area contributed by atoms with Crippen LogP contribution in [0.1, 0.15) is 18.4 Å². The second kappa shape index (κ2) is 4.00. The van der Waals surface area contributed by atoms with Crippen molar-refractivity contribution >= 4 is 5.97 Å². The third-order valence-electron chi connectivity index (χ3n) is 3.27. The molecule has 0 spiro atoms. The minimum Gasteiger partial charge on any atom is -0.505 e. The lowest BCUT2D eigenvalue weighted by Crippen LogP contribution is -2.35. The highest BCUT2D eigenvalue weighted by molar-refractivity contribution is 5.76. The zero-order valence-corrected chi connectivity index (χ0v) is 9.31. The molecular weight excluding hydrogens is 227 g/mol. The van der Waals surface area contributed by atoms with Crippen molar-refractivity contribution in [1.29, 1.82) is 0 Å². The largest absolute Gasteiger partial charge is 0.505 e. The molecule has 0 saturated heterocycles. The highest BCUT2D eigenvalue weighted by atomic mass is 19.1. The Morgan fingerprint density at radius 1 is 1.53 bits per heavy atom. The first-order chi connectivity index (χ1) is 8.01. The Hall–Kier alpha value is -1.62. The molecule has 1 fully saturated rings. The van der Waals surface area contributed by atoms with E-state index in [1.165, 1.54) is 19.2 Å². The third kappa shape index (κ3) is 1.86. The van der Waals surface area contributed by atoms with Crippen LogP contribution in [0.4, 0.5) is 4.39 Å². The SMILES string of the molecule is COC(C(=O)O)C1(c2ccc(O)c(F)c2)CC1. The van der Waals surface area contributed by atoms with Crippen LogP contribution in [0.15, 0.2) is 18.2 Å². The summed E-state index contributed by atoms with van der Waals surface area (Å²) in [6.07, 6.45) is 0.302. The predicted octanol–water partition coefficient (Wildman–Crippen LogP) is 1.66. The van der Waals surface area contributed by atoms with Gasteiger partial charge in [-0.15, -0.1) is 0 Å². The Morgan fingerprint density at radius 2 is 2.18 bits per heavy atom. The summed E-state index contributed by atoms with van der Waals surface area (Å²) >= 11 is 0. The van der Waals surface area contributed by atoms with E-state index in [-0.39, 0.29) is 0 Å². The van der Waals surface area contributed by atoms with Gasteiger partial charge in [-0.2, -0.15) is 0 Å². The van der Waals surface area contributed by atoms with Gasteiger partial charge in [-0.3, -0.25) is 0 Å². The third-order valence-corrected chi connectivity index (χ3v) is 3.27.